The van der Waals surface area contributed by atoms with E-state index in [9.17, 15) is 8.42 Å². The average molecular weight is 209 g/mol. The summed E-state index contributed by atoms with van der Waals surface area (Å²) in [5.41, 5.74) is 0. The van der Waals surface area contributed by atoms with Crippen molar-refractivity contribution in [3.8, 4) is 0 Å². The van der Waals surface area contributed by atoms with E-state index in [4.69, 9.17) is 5.14 Å². The fraction of sp³-hybridized carbons (Fsp3) is 0.200. The van der Waals surface area contributed by atoms with E-state index in [2.05, 4.69) is 0 Å². The van der Waals surface area contributed by atoms with E-state index in [0.717, 1.165) is 10.4 Å². The lowest BCUT2D eigenvalue weighted by molar-refractivity contribution is 0.592. The first-order chi connectivity index (χ1) is 6.57. The molecule has 1 aliphatic rings. The summed E-state index contributed by atoms with van der Waals surface area (Å²) in [7, 11) is -3.46. The lowest BCUT2D eigenvalue weighted by atomic mass is 10.1. The minimum absolute atomic E-state index is 0.468. The molecule has 0 amide bonds. The third-order valence-electron chi connectivity index (χ3n) is 2.35. The molecule has 0 spiro atoms. The van der Waals surface area contributed by atoms with E-state index < -0.39 is 15.3 Å². The van der Waals surface area contributed by atoms with Crippen LogP contribution in [-0.4, -0.2) is 13.7 Å². The van der Waals surface area contributed by atoms with E-state index in [1.807, 2.05) is 30.3 Å². The summed E-state index contributed by atoms with van der Waals surface area (Å²) in [5.74, 6) is 0. The van der Waals surface area contributed by atoms with Crippen LogP contribution in [0.15, 0.2) is 24.3 Å². The number of rotatable bonds is 1. The molecule has 0 fully saturated rings. The molecule has 1 unspecified atom stereocenters. The van der Waals surface area contributed by atoms with Gasteiger partial charge in [0.25, 0.3) is 0 Å². The monoisotopic (exact) mass is 209 g/mol. The van der Waals surface area contributed by atoms with Crippen LogP contribution in [0.2, 0.25) is 0 Å². The maximum absolute atomic E-state index is 11.1. The normalized spacial score (nSPS) is 20.5. The molecule has 74 valence electrons. The van der Waals surface area contributed by atoms with E-state index in [1.165, 1.54) is 0 Å². The molecule has 0 bridgehead atoms. The summed E-state index contributed by atoms with van der Waals surface area (Å²) >= 11 is 0. The van der Waals surface area contributed by atoms with Crippen molar-refractivity contribution in [1.29, 1.82) is 0 Å². The van der Waals surface area contributed by atoms with Gasteiger partial charge in [0.05, 0.1) is 5.25 Å². The summed E-state index contributed by atoms with van der Waals surface area (Å²) < 4.78 is 22.2. The van der Waals surface area contributed by atoms with Gasteiger partial charge in [0.15, 0.2) is 0 Å². The Hall–Kier alpha value is -1.13. The molecule has 1 atom stereocenters. The van der Waals surface area contributed by atoms with Crippen LogP contribution in [-0.2, 0) is 10.0 Å². The van der Waals surface area contributed by atoms with Crippen molar-refractivity contribution in [3.63, 3.8) is 0 Å². The molecular weight excluding hydrogens is 198 g/mol. The van der Waals surface area contributed by atoms with Crippen molar-refractivity contribution in [2.24, 2.45) is 5.14 Å². The first-order valence-corrected chi connectivity index (χ1v) is 5.97. The molecule has 2 rings (SSSR count). The van der Waals surface area contributed by atoms with Crippen LogP contribution in [0.5, 0.6) is 0 Å². The van der Waals surface area contributed by atoms with Gasteiger partial charge in [-0.3, -0.25) is 0 Å². The van der Waals surface area contributed by atoms with Gasteiger partial charge in [0, 0.05) is 0 Å². The Labute approximate surface area is 82.6 Å². The zero-order valence-corrected chi connectivity index (χ0v) is 8.37. The smallest absolute Gasteiger partial charge is 0.215 e. The zero-order valence-electron chi connectivity index (χ0n) is 7.55. The van der Waals surface area contributed by atoms with Crippen LogP contribution < -0.4 is 15.6 Å². The fourth-order valence-corrected chi connectivity index (χ4v) is 2.29. The predicted octanol–water partition coefficient (Wildman–Crippen LogP) is -0.692. The minimum atomic E-state index is -3.46. The molecule has 4 heteroatoms. The topological polar surface area (TPSA) is 60.2 Å². The van der Waals surface area contributed by atoms with Crippen LogP contribution in [0.3, 0.4) is 0 Å². The number of sulfonamides is 1. The number of hydrogen-bond acceptors (Lipinski definition) is 2. The van der Waals surface area contributed by atoms with E-state index in [-0.39, 0.29) is 0 Å². The first-order valence-electron chi connectivity index (χ1n) is 4.36. The average Bonchev–Trinajstić information content (AvgIpc) is 2.16. The van der Waals surface area contributed by atoms with Gasteiger partial charge in [-0.05, 0) is 16.9 Å². The Balaban J connectivity index is 2.60. The van der Waals surface area contributed by atoms with E-state index in [0.29, 0.717) is 6.42 Å². The lowest BCUT2D eigenvalue weighted by Crippen LogP contribution is -2.36. The summed E-state index contributed by atoms with van der Waals surface area (Å²) in [6, 6.07) is 7.67. The van der Waals surface area contributed by atoms with Gasteiger partial charge in [0.1, 0.15) is 0 Å². The van der Waals surface area contributed by atoms with Crippen LogP contribution in [0.25, 0.3) is 12.2 Å². The van der Waals surface area contributed by atoms with Gasteiger partial charge in [-0.1, -0.05) is 36.4 Å². The molecule has 1 aromatic rings. The number of fused-ring (bicyclic) bond motifs is 1. The highest BCUT2D eigenvalue weighted by molar-refractivity contribution is 7.90. The summed E-state index contributed by atoms with van der Waals surface area (Å²) in [4.78, 5) is 0. The molecule has 0 heterocycles. The Kier molecular flexibility index (Phi) is 2.17. The van der Waals surface area contributed by atoms with Crippen molar-refractivity contribution in [2.75, 3.05) is 0 Å². The number of nitrogens with two attached hydrogens (primary N) is 1. The summed E-state index contributed by atoms with van der Waals surface area (Å²) in [6.07, 6.45) is 4.09. The Morgan fingerprint density at radius 3 is 2.50 bits per heavy atom. The number of benzene rings is 1. The van der Waals surface area contributed by atoms with Crippen LogP contribution >= 0.6 is 0 Å². The second-order valence-corrected chi connectivity index (χ2v) is 5.15. The summed E-state index contributed by atoms with van der Waals surface area (Å²) in [6.45, 7) is 0. The lowest BCUT2D eigenvalue weighted by Gasteiger charge is -2.10. The third kappa shape index (κ3) is 1.71. The maximum Gasteiger partial charge on any atom is 0.215 e. The van der Waals surface area contributed by atoms with Gasteiger partial charge < -0.3 is 0 Å². The molecule has 0 saturated carbocycles. The van der Waals surface area contributed by atoms with Crippen molar-refractivity contribution < 1.29 is 8.42 Å². The van der Waals surface area contributed by atoms with Crippen molar-refractivity contribution in [1.82, 2.24) is 0 Å². The number of hydrogen-bond donors (Lipinski definition) is 1. The van der Waals surface area contributed by atoms with E-state index in [1.54, 1.807) is 6.08 Å². The molecule has 0 saturated heterocycles. The Morgan fingerprint density at radius 1 is 1.21 bits per heavy atom. The highest BCUT2D eigenvalue weighted by Crippen LogP contribution is 2.06. The fourth-order valence-electron chi connectivity index (χ4n) is 1.59. The molecule has 0 aliphatic heterocycles. The zero-order chi connectivity index (χ0) is 10.2. The molecule has 1 aromatic carbocycles. The minimum Gasteiger partial charge on any atom is -0.228 e. The first kappa shape index (κ1) is 9.43. The largest absolute Gasteiger partial charge is 0.228 e. The molecular formula is C10H11NO2S. The molecule has 1 aliphatic carbocycles. The Morgan fingerprint density at radius 2 is 1.86 bits per heavy atom. The maximum atomic E-state index is 11.1. The van der Waals surface area contributed by atoms with E-state index >= 15 is 0 Å². The standard InChI is InChI=1S/C10H11NO2S/c11-14(12,13)10-6-5-8-3-1-2-4-9(8)7-10/h1-5,7,10H,6H2,(H2,11,12,13). The predicted molar refractivity (Wildman–Crippen MR) is 56.1 cm³/mol. The SMILES string of the molecule is NS(=O)(=O)C1C=c2ccccc2=CC1. The van der Waals surface area contributed by atoms with Gasteiger partial charge >= 0.3 is 0 Å². The van der Waals surface area contributed by atoms with Gasteiger partial charge in [-0.2, -0.15) is 0 Å². The van der Waals surface area contributed by atoms with Crippen LogP contribution in [0, 0.1) is 0 Å². The second kappa shape index (κ2) is 3.22. The van der Waals surface area contributed by atoms with Gasteiger partial charge in [-0.15, -0.1) is 0 Å². The molecule has 3 nitrogen and oxygen atoms in total. The van der Waals surface area contributed by atoms with Gasteiger partial charge in [0.2, 0.25) is 10.0 Å². The van der Waals surface area contributed by atoms with Crippen LogP contribution in [0.4, 0.5) is 0 Å². The van der Waals surface area contributed by atoms with Gasteiger partial charge in [-0.25, -0.2) is 13.6 Å². The highest BCUT2D eigenvalue weighted by atomic mass is 32.2. The van der Waals surface area contributed by atoms with Crippen LogP contribution in [0.1, 0.15) is 6.42 Å². The van der Waals surface area contributed by atoms with Crippen molar-refractivity contribution in [3.05, 3.63) is 34.7 Å². The molecule has 0 aromatic heterocycles. The molecule has 2 N–H and O–H groups in total. The van der Waals surface area contributed by atoms with Crippen molar-refractivity contribution in [2.45, 2.75) is 11.7 Å². The molecule has 14 heavy (non-hydrogen) atoms. The number of primary sulfonamides is 1. The van der Waals surface area contributed by atoms with Crippen molar-refractivity contribution >= 4 is 22.2 Å². The molecule has 0 radical (unpaired) electrons. The Bertz CT molecular complexity index is 560. The third-order valence-corrected chi connectivity index (χ3v) is 3.53. The quantitative estimate of drug-likeness (QED) is 0.665. The highest BCUT2D eigenvalue weighted by Gasteiger charge is 2.18. The second-order valence-electron chi connectivity index (χ2n) is 3.36. The summed E-state index contributed by atoms with van der Waals surface area (Å²) in [5, 5.41) is 6.54.